The fraction of sp³-hybridized carbons (Fsp3) is 0.588. The summed E-state index contributed by atoms with van der Waals surface area (Å²) in [6.07, 6.45) is 0.373. The molecule has 0 spiro atoms. The zero-order valence-corrected chi connectivity index (χ0v) is 18.0. The van der Waals surface area contributed by atoms with Gasteiger partial charge < -0.3 is 20.7 Å². The SMILES string of the molecule is CN=C(NCCCNC(=O)OC(C)(C)C)NCc1cccc(C)n1.I. The smallest absolute Gasteiger partial charge is 0.407 e. The topological polar surface area (TPSA) is 87.6 Å². The van der Waals surface area contributed by atoms with Crippen LogP contribution in [0.25, 0.3) is 0 Å². The molecule has 7 nitrogen and oxygen atoms in total. The van der Waals surface area contributed by atoms with E-state index in [4.69, 9.17) is 4.74 Å². The summed E-state index contributed by atoms with van der Waals surface area (Å²) in [5.41, 5.74) is 1.48. The Morgan fingerprint density at radius 2 is 1.88 bits per heavy atom. The molecule has 8 heteroatoms. The largest absolute Gasteiger partial charge is 0.444 e. The Morgan fingerprint density at radius 3 is 2.48 bits per heavy atom. The first-order valence-corrected chi connectivity index (χ1v) is 8.14. The highest BCUT2D eigenvalue weighted by molar-refractivity contribution is 14.0. The molecule has 0 unspecified atom stereocenters. The van der Waals surface area contributed by atoms with Crippen molar-refractivity contribution in [2.75, 3.05) is 20.1 Å². The second-order valence-corrected chi connectivity index (χ2v) is 6.41. The molecule has 0 saturated carbocycles. The highest BCUT2D eigenvalue weighted by Crippen LogP contribution is 2.06. The Labute approximate surface area is 167 Å². The first kappa shape index (κ1) is 23.4. The van der Waals surface area contributed by atoms with Gasteiger partial charge in [0.05, 0.1) is 12.2 Å². The van der Waals surface area contributed by atoms with E-state index in [-0.39, 0.29) is 24.0 Å². The summed E-state index contributed by atoms with van der Waals surface area (Å²) in [6, 6.07) is 5.92. The third-order valence-electron chi connectivity index (χ3n) is 2.92. The van der Waals surface area contributed by atoms with Gasteiger partial charge in [-0.05, 0) is 46.2 Å². The van der Waals surface area contributed by atoms with E-state index in [2.05, 4.69) is 25.9 Å². The van der Waals surface area contributed by atoms with Crippen LogP contribution in [-0.4, -0.2) is 42.8 Å². The molecule has 1 rings (SSSR count). The van der Waals surface area contributed by atoms with Gasteiger partial charge in [-0.2, -0.15) is 0 Å². The van der Waals surface area contributed by atoms with Gasteiger partial charge in [-0.1, -0.05) is 6.07 Å². The van der Waals surface area contributed by atoms with Crippen molar-refractivity contribution in [2.24, 2.45) is 4.99 Å². The summed E-state index contributed by atoms with van der Waals surface area (Å²) in [4.78, 5) is 20.1. The lowest BCUT2D eigenvalue weighted by Crippen LogP contribution is -2.39. The molecule has 0 saturated heterocycles. The lowest BCUT2D eigenvalue weighted by molar-refractivity contribution is 0.0527. The van der Waals surface area contributed by atoms with Crippen LogP contribution in [0.15, 0.2) is 23.2 Å². The summed E-state index contributed by atoms with van der Waals surface area (Å²) >= 11 is 0. The van der Waals surface area contributed by atoms with E-state index in [9.17, 15) is 4.79 Å². The Bertz CT molecular complexity index is 558. The van der Waals surface area contributed by atoms with Crippen molar-refractivity contribution < 1.29 is 9.53 Å². The van der Waals surface area contributed by atoms with Crippen LogP contribution in [-0.2, 0) is 11.3 Å². The number of ether oxygens (including phenoxy) is 1. The maximum atomic E-state index is 11.5. The zero-order valence-electron chi connectivity index (χ0n) is 15.7. The minimum Gasteiger partial charge on any atom is -0.444 e. The summed E-state index contributed by atoms with van der Waals surface area (Å²) in [7, 11) is 1.72. The van der Waals surface area contributed by atoms with Crippen molar-refractivity contribution in [2.45, 2.75) is 46.3 Å². The molecule has 0 fully saturated rings. The van der Waals surface area contributed by atoms with Crippen LogP contribution in [0.1, 0.15) is 38.6 Å². The number of aromatic nitrogens is 1. The van der Waals surface area contributed by atoms with Gasteiger partial charge in [-0.25, -0.2) is 4.79 Å². The van der Waals surface area contributed by atoms with E-state index in [1.807, 2.05) is 45.9 Å². The van der Waals surface area contributed by atoms with E-state index in [1.54, 1.807) is 7.05 Å². The number of pyridine rings is 1. The zero-order chi connectivity index (χ0) is 18.0. The van der Waals surface area contributed by atoms with Crippen molar-refractivity contribution in [3.63, 3.8) is 0 Å². The third-order valence-corrected chi connectivity index (χ3v) is 2.92. The molecule has 0 bridgehead atoms. The van der Waals surface area contributed by atoms with E-state index in [0.717, 1.165) is 17.8 Å². The number of halogens is 1. The minimum atomic E-state index is -0.474. The van der Waals surface area contributed by atoms with E-state index in [1.165, 1.54) is 0 Å². The summed E-state index contributed by atoms with van der Waals surface area (Å²) < 4.78 is 5.17. The number of nitrogens with zero attached hydrogens (tertiary/aromatic N) is 2. The number of alkyl carbamates (subject to hydrolysis) is 1. The number of hydrogen-bond donors (Lipinski definition) is 3. The van der Waals surface area contributed by atoms with Crippen LogP contribution in [0.4, 0.5) is 4.79 Å². The molecule has 0 radical (unpaired) electrons. The normalized spacial score (nSPS) is 11.3. The van der Waals surface area contributed by atoms with E-state index < -0.39 is 11.7 Å². The third kappa shape index (κ3) is 11.6. The van der Waals surface area contributed by atoms with Gasteiger partial charge in [0.2, 0.25) is 0 Å². The molecule has 3 N–H and O–H groups in total. The molecule has 1 aromatic rings. The van der Waals surface area contributed by atoms with Crippen LogP contribution in [0.5, 0.6) is 0 Å². The Hall–Kier alpha value is -1.58. The molecule has 1 heterocycles. The molecule has 0 aliphatic rings. The highest BCUT2D eigenvalue weighted by atomic mass is 127. The lowest BCUT2D eigenvalue weighted by atomic mass is 10.2. The van der Waals surface area contributed by atoms with Crippen molar-refractivity contribution in [1.82, 2.24) is 20.9 Å². The fourth-order valence-electron chi connectivity index (χ4n) is 1.89. The summed E-state index contributed by atoms with van der Waals surface area (Å²) in [5, 5.41) is 9.13. The molecule has 142 valence electrons. The lowest BCUT2D eigenvalue weighted by Gasteiger charge is -2.19. The van der Waals surface area contributed by atoms with Crippen molar-refractivity contribution in [3.05, 3.63) is 29.6 Å². The molecular weight excluding hydrogens is 433 g/mol. The van der Waals surface area contributed by atoms with E-state index >= 15 is 0 Å². The van der Waals surface area contributed by atoms with Crippen molar-refractivity contribution in [3.8, 4) is 0 Å². The Kier molecular flexibility index (Phi) is 11.1. The second kappa shape index (κ2) is 11.9. The Balaban J connectivity index is 0.00000576. The van der Waals surface area contributed by atoms with Crippen LogP contribution in [0, 0.1) is 6.92 Å². The van der Waals surface area contributed by atoms with Gasteiger partial charge in [0.1, 0.15) is 5.60 Å². The van der Waals surface area contributed by atoms with Gasteiger partial charge in [0.15, 0.2) is 5.96 Å². The van der Waals surface area contributed by atoms with Crippen LogP contribution >= 0.6 is 24.0 Å². The molecule has 1 amide bonds. The van der Waals surface area contributed by atoms with Crippen LogP contribution < -0.4 is 16.0 Å². The molecular formula is C17H30IN5O2. The van der Waals surface area contributed by atoms with Crippen molar-refractivity contribution in [1.29, 1.82) is 0 Å². The number of amides is 1. The number of hydrogen-bond acceptors (Lipinski definition) is 4. The molecule has 0 aliphatic heterocycles. The van der Waals surface area contributed by atoms with Gasteiger partial charge in [0, 0.05) is 25.8 Å². The molecule has 1 aromatic heterocycles. The fourth-order valence-corrected chi connectivity index (χ4v) is 1.89. The predicted molar refractivity (Wildman–Crippen MR) is 111 cm³/mol. The molecule has 0 atom stereocenters. The first-order valence-electron chi connectivity index (χ1n) is 8.14. The maximum absolute atomic E-state index is 11.5. The summed E-state index contributed by atoms with van der Waals surface area (Å²) in [6.45, 7) is 9.33. The summed E-state index contributed by atoms with van der Waals surface area (Å²) in [5.74, 6) is 0.704. The number of carbonyl (C=O) groups is 1. The maximum Gasteiger partial charge on any atom is 0.407 e. The molecule has 25 heavy (non-hydrogen) atoms. The minimum absolute atomic E-state index is 0. The van der Waals surface area contributed by atoms with Crippen molar-refractivity contribution >= 4 is 36.0 Å². The van der Waals surface area contributed by atoms with E-state index in [0.29, 0.717) is 25.6 Å². The number of carbonyl (C=O) groups excluding carboxylic acids is 1. The van der Waals surface area contributed by atoms with Crippen LogP contribution in [0.3, 0.4) is 0 Å². The number of aliphatic imine (C=N–C) groups is 1. The van der Waals surface area contributed by atoms with Gasteiger partial charge in [-0.15, -0.1) is 24.0 Å². The Morgan fingerprint density at radius 1 is 1.20 bits per heavy atom. The van der Waals surface area contributed by atoms with Crippen LogP contribution in [0.2, 0.25) is 0 Å². The van der Waals surface area contributed by atoms with Gasteiger partial charge >= 0.3 is 6.09 Å². The average molecular weight is 463 g/mol. The predicted octanol–water partition coefficient (Wildman–Crippen LogP) is 2.59. The average Bonchev–Trinajstić information content (AvgIpc) is 2.48. The second-order valence-electron chi connectivity index (χ2n) is 6.41. The molecule has 0 aliphatic carbocycles. The number of aryl methyl sites for hydroxylation is 1. The highest BCUT2D eigenvalue weighted by Gasteiger charge is 2.15. The quantitative estimate of drug-likeness (QED) is 0.261. The number of nitrogens with one attached hydrogen (secondary N) is 3. The number of rotatable bonds is 6. The monoisotopic (exact) mass is 463 g/mol. The van der Waals surface area contributed by atoms with Gasteiger partial charge in [0.25, 0.3) is 0 Å². The number of guanidine groups is 1. The first-order chi connectivity index (χ1) is 11.3. The molecule has 0 aromatic carbocycles. The standard InChI is InChI=1S/C17H29N5O2.HI/c1-13-8-6-9-14(22-13)12-21-15(18-5)19-10-7-11-20-16(23)24-17(2,3)4;/h6,8-9H,7,10-12H2,1-5H3,(H,20,23)(H2,18,19,21);1H. The van der Waals surface area contributed by atoms with Gasteiger partial charge in [-0.3, -0.25) is 9.98 Å².